The lowest BCUT2D eigenvalue weighted by atomic mass is 10.1. The number of nitriles is 1. The Morgan fingerprint density at radius 2 is 1.90 bits per heavy atom. The van der Waals surface area contributed by atoms with Gasteiger partial charge in [-0.1, -0.05) is 35.9 Å². The number of rotatable bonds is 6. The van der Waals surface area contributed by atoms with Gasteiger partial charge in [-0.2, -0.15) is 5.26 Å². The van der Waals surface area contributed by atoms with Gasteiger partial charge in [-0.25, -0.2) is 0 Å². The van der Waals surface area contributed by atoms with Crippen LogP contribution < -0.4 is 10.1 Å². The second kappa shape index (κ2) is 9.97. The number of phenols is 1. The highest BCUT2D eigenvalue weighted by Gasteiger charge is 2.11. The molecule has 0 heterocycles. The Morgan fingerprint density at radius 1 is 1.17 bits per heavy atom. The summed E-state index contributed by atoms with van der Waals surface area (Å²) < 4.78 is 6.49. The predicted octanol–water partition coefficient (Wildman–Crippen LogP) is 5.93. The number of nitrogens with zero attached hydrogens (tertiary/aromatic N) is 1. The van der Waals surface area contributed by atoms with Crippen LogP contribution >= 0.6 is 27.5 Å². The molecule has 0 atom stereocenters. The number of anilines is 1. The summed E-state index contributed by atoms with van der Waals surface area (Å²) in [5, 5.41) is 21.9. The van der Waals surface area contributed by atoms with Crippen molar-refractivity contribution in [1.82, 2.24) is 0 Å². The predicted molar refractivity (Wildman–Crippen MR) is 120 cm³/mol. The van der Waals surface area contributed by atoms with E-state index in [0.29, 0.717) is 33.1 Å². The Morgan fingerprint density at radius 3 is 2.57 bits per heavy atom. The van der Waals surface area contributed by atoms with Gasteiger partial charge in [0.1, 0.15) is 29.7 Å². The van der Waals surface area contributed by atoms with E-state index < -0.39 is 5.91 Å². The molecule has 3 rings (SSSR count). The van der Waals surface area contributed by atoms with Crippen LogP contribution in [-0.4, -0.2) is 11.0 Å². The quantitative estimate of drug-likeness (QED) is 0.258. The van der Waals surface area contributed by atoms with Gasteiger partial charge < -0.3 is 15.2 Å². The number of amides is 1. The van der Waals surface area contributed by atoms with Gasteiger partial charge in [-0.15, -0.1) is 0 Å². The van der Waals surface area contributed by atoms with Crippen molar-refractivity contribution in [3.63, 3.8) is 0 Å². The average Bonchev–Trinajstić information content (AvgIpc) is 2.74. The van der Waals surface area contributed by atoms with Gasteiger partial charge in [0.15, 0.2) is 0 Å². The molecule has 3 aromatic rings. The van der Waals surface area contributed by atoms with Gasteiger partial charge in [0.2, 0.25) is 0 Å². The Bertz CT molecular complexity index is 1140. The minimum Gasteiger partial charge on any atom is -0.508 e. The smallest absolute Gasteiger partial charge is 0.266 e. The Kier molecular flexibility index (Phi) is 7.12. The summed E-state index contributed by atoms with van der Waals surface area (Å²) >= 11 is 9.60. The topological polar surface area (TPSA) is 82.3 Å². The number of halogens is 2. The molecule has 0 aromatic heterocycles. The van der Waals surface area contributed by atoms with E-state index in [1.165, 1.54) is 18.2 Å². The number of hydrogen-bond donors (Lipinski definition) is 2. The number of phenolic OH excluding ortho intramolecular Hbond substituents is 1. The van der Waals surface area contributed by atoms with Crippen molar-refractivity contribution in [1.29, 1.82) is 5.26 Å². The van der Waals surface area contributed by atoms with Gasteiger partial charge in [0, 0.05) is 16.3 Å². The van der Waals surface area contributed by atoms with Crippen LogP contribution in [0.2, 0.25) is 5.02 Å². The second-order valence-electron chi connectivity index (χ2n) is 6.24. The van der Waals surface area contributed by atoms with Crippen LogP contribution in [-0.2, 0) is 11.4 Å². The number of ether oxygens (including phenoxy) is 1. The standard InChI is InChI=1S/C23H16BrClN2O3/c24-20-12-15(5-10-22(20)30-14-16-3-1-2-4-21(16)25)11-17(13-26)23(29)27-18-6-8-19(28)9-7-18/h1-12,28H,14H2,(H,27,29)/b17-11+. The van der Waals surface area contributed by atoms with Crippen molar-refractivity contribution in [2.24, 2.45) is 0 Å². The van der Waals surface area contributed by atoms with E-state index in [-0.39, 0.29) is 11.3 Å². The van der Waals surface area contributed by atoms with Gasteiger partial charge in [-0.05, 0) is 70.0 Å². The molecule has 0 saturated carbocycles. The maximum Gasteiger partial charge on any atom is 0.266 e. The monoisotopic (exact) mass is 482 g/mol. The summed E-state index contributed by atoms with van der Waals surface area (Å²) in [5.41, 5.74) is 1.94. The van der Waals surface area contributed by atoms with Gasteiger partial charge in [0.05, 0.1) is 4.47 Å². The SMILES string of the molecule is N#C/C(=C\c1ccc(OCc2ccccc2Cl)c(Br)c1)C(=O)Nc1ccc(O)cc1. The maximum absolute atomic E-state index is 12.4. The first-order valence-corrected chi connectivity index (χ1v) is 10.0. The molecule has 0 aliphatic carbocycles. The first kappa shape index (κ1) is 21.4. The van der Waals surface area contributed by atoms with Crippen LogP contribution in [0, 0.1) is 11.3 Å². The maximum atomic E-state index is 12.4. The molecule has 150 valence electrons. The summed E-state index contributed by atoms with van der Waals surface area (Å²) in [6.07, 6.45) is 1.48. The molecule has 0 fully saturated rings. The van der Waals surface area contributed by atoms with Crippen LogP contribution in [0.15, 0.2) is 76.8 Å². The van der Waals surface area contributed by atoms with E-state index in [1.54, 1.807) is 36.4 Å². The largest absolute Gasteiger partial charge is 0.508 e. The fourth-order valence-electron chi connectivity index (χ4n) is 2.55. The van der Waals surface area contributed by atoms with Crippen LogP contribution in [0.1, 0.15) is 11.1 Å². The summed E-state index contributed by atoms with van der Waals surface area (Å²) in [6.45, 7) is 0.311. The summed E-state index contributed by atoms with van der Waals surface area (Å²) in [6, 6.07) is 20.6. The molecule has 0 saturated heterocycles. The van der Waals surface area contributed by atoms with Gasteiger partial charge in [0.25, 0.3) is 5.91 Å². The normalized spacial score (nSPS) is 10.9. The van der Waals surface area contributed by atoms with E-state index >= 15 is 0 Å². The number of carbonyl (C=O) groups is 1. The minimum atomic E-state index is -0.543. The van der Waals surface area contributed by atoms with E-state index in [0.717, 1.165) is 5.56 Å². The lowest BCUT2D eigenvalue weighted by Crippen LogP contribution is -2.13. The zero-order chi connectivity index (χ0) is 21.5. The molecular formula is C23H16BrClN2O3. The highest BCUT2D eigenvalue weighted by atomic mass is 79.9. The Labute approximate surface area is 187 Å². The molecule has 2 N–H and O–H groups in total. The van der Waals surface area contributed by atoms with Crippen molar-refractivity contribution >= 4 is 45.2 Å². The van der Waals surface area contributed by atoms with Crippen LogP contribution in [0.5, 0.6) is 11.5 Å². The number of nitrogens with one attached hydrogen (secondary N) is 1. The first-order chi connectivity index (χ1) is 14.5. The van der Waals surface area contributed by atoms with Crippen molar-refractivity contribution in [2.75, 3.05) is 5.32 Å². The molecule has 30 heavy (non-hydrogen) atoms. The van der Waals surface area contributed by atoms with Crippen LogP contribution in [0.4, 0.5) is 5.69 Å². The third-order valence-corrected chi connectivity index (χ3v) is 5.09. The lowest BCUT2D eigenvalue weighted by molar-refractivity contribution is -0.112. The highest BCUT2D eigenvalue weighted by molar-refractivity contribution is 9.10. The molecule has 3 aromatic carbocycles. The van der Waals surface area contributed by atoms with Crippen LogP contribution in [0.25, 0.3) is 6.08 Å². The third-order valence-electron chi connectivity index (χ3n) is 4.10. The number of benzene rings is 3. The molecule has 0 radical (unpaired) electrons. The molecule has 1 amide bonds. The second-order valence-corrected chi connectivity index (χ2v) is 7.50. The Balaban J connectivity index is 1.71. The first-order valence-electron chi connectivity index (χ1n) is 8.84. The molecule has 0 aliphatic heterocycles. The van der Waals surface area contributed by atoms with Gasteiger partial charge >= 0.3 is 0 Å². The summed E-state index contributed by atoms with van der Waals surface area (Å²) in [7, 11) is 0. The molecule has 0 unspecified atom stereocenters. The third kappa shape index (κ3) is 5.63. The van der Waals surface area contributed by atoms with E-state index in [4.69, 9.17) is 16.3 Å². The zero-order valence-electron chi connectivity index (χ0n) is 15.6. The summed E-state index contributed by atoms with van der Waals surface area (Å²) in [4.78, 5) is 12.4. The van der Waals surface area contributed by atoms with Crippen molar-refractivity contribution < 1.29 is 14.6 Å². The Hall–Kier alpha value is -3.27. The lowest BCUT2D eigenvalue weighted by Gasteiger charge is -2.10. The van der Waals surface area contributed by atoms with Crippen LogP contribution in [0.3, 0.4) is 0 Å². The molecule has 7 heteroatoms. The minimum absolute atomic E-state index is 0.0558. The fraction of sp³-hybridized carbons (Fsp3) is 0.0435. The van der Waals surface area contributed by atoms with Crippen molar-refractivity contribution in [3.05, 3.63) is 92.9 Å². The van der Waals surface area contributed by atoms with E-state index in [1.807, 2.05) is 24.3 Å². The molecule has 0 aliphatic rings. The zero-order valence-corrected chi connectivity index (χ0v) is 17.9. The highest BCUT2D eigenvalue weighted by Crippen LogP contribution is 2.28. The average molecular weight is 484 g/mol. The van der Waals surface area contributed by atoms with E-state index in [2.05, 4.69) is 21.2 Å². The van der Waals surface area contributed by atoms with Crippen molar-refractivity contribution in [3.8, 4) is 17.6 Å². The summed E-state index contributed by atoms with van der Waals surface area (Å²) in [5.74, 6) is 0.156. The van der Waals surface area contributed by atoms with Gasteiger partial charge in [-0.3, -0.25) is 4.79 Å². The fourth-order valence-corrected chi connectivity index (χ4v) is 3.25. The molecular weight excluding hydrogens is 468 g/mol. The number of carbonyl (C=O) groups excluding carboxylic acids is 1. The molecule has 0 bridgehead atoms. The molecule has 5 nitrogen and oxygen atoms in total. The number of aromatic hydroxyl groups is 1. The van der Waals surface area contributed by atoms with E-state index in [9.17, 15) is 15.2 Å². The number of hydrogen-bond acceptors (Lipinski definition) is 4. The molecule has 0 spiro atoms. The van der Waals surface area contributed by atoms with Crippen molar-refractivity contribution in [2.45, 2.75) is 6.61 Å².